The normalized spacial score (nSPS) is 19.6. The summed E-state index contributed by atoms with van der Waals surface area (Å²) in [5.41, 5.74) is -0.225. The van der Waals surface area contributed by atoms with Crippen LogP contribution in [0.25, 0.3) is 0 Å². The summed E-state index contributed by atoms with van der Waals surface area (Å²) in [5.74, 6) is -1.84. The molecule has 114 valence electrons. The molecule has 0 aromatic heterocycles. The predicted molar refractivity (Wildman–Crippen MR) is 72.3 cm³/mol. The fourth-order valence-electron chi connectivity index (χ4n) is 2.39. The van der Waals surface area contributed by atoms with Gasteiger partial charge in [-0.3, -0.25) is 14.9 Å². The number of aryl methyl sites for hydroxylation is 1. The molecule has 1 aliphatic heterocycles. The minimum absolute atomic E-state index is 0.0464. The van der Waals surface area contributed by atoms with E-state index in [9.17, 15) is 23.3 Å². The molecule has 1 N–H and O–H groups in total. The number of benzene rings is 1. The predicted octanol–water partition coefficient (Wildman–Crippen LogP) is 0.998. The van der Waals surface area contributed by atoms with Gasteiger partial charge in [0.2, 0.25) is 10.0 Å². The number of nitrogens with zero attached hydrogens (tertiary/aromatic N) is 2. The lowest BCUT2D eigenvalue weighted by Crippen LogP contribution is -2.31. The lowest BCUT2D eigenvalue weighted by molar-refractivity contribution is -0.387. The maximum Gasteiger partial charge on any atom is 0.307 e. The van der Waals surface area contributed by atoms with E-state index in [0.717, 1.165) is 10.4 Å². The van der Waals surface area contributed by atoms with Crippen molar-refractivity contribution in [1.82, 2.24) is 4.31 Å². The molecule has 1 aromatic rings. The molecule has 0 amide bonds. The number of carboxylic acids is 1. The maximum atomic E-state index is 12.6. The van der Waals surface area contributed by atoms with E-state index in [2.05, 4.69) is 0 Å². The van der Waals surface area contributed by atoms with Crippen LogP contribution in [-0.2, 0) is 14.8 Å². The molecule has 1 unspecified atom stereocenters. The number of carbonyl (C=O) groups is 1. The Morgan fingerprint density at radius 3 is 2.67 bits per heavy atom. The lowest BCUT2D eigenvalue weighted by atomic mass is 10.1. The third-order valence-corrected chi connectivity index (χ3v) is 5.54. The van der Waals surface area contributed by atoms with E-state index in [1.54, 1.807) is 0 Å². The highest BCUT2D eigenvalue weighted by Crippen LogP contribution is 2.32. The van der Waals surface area contributed by atoms with Crippen molar-refractivity contribution < 1.29 is 23.2 Å². The quantitative estimate of drug-likeness (QED) is 0.654. The highest BCUT2D eigenvalue weighted by atomic mass is 32.2. The van der Waals surface area contributed by atoms with Gasteiger partial charge in [-0.2, -0.15) is 4.31 Å². The van der Waals surface area contributed by atoms with Gasteiger partial charge in [-0.05, 0) is 18.9 Å². The standard InChI is InChI=1S/C12H14N2O6S/c1-8-3-2-4-10(14(17)18)11(8)21(19,20)13-6-5-9(7-13)12(15)16/h2-4,9H,5-7H2,1H3,(H,15,16). The molecule has 1 fully saturated rings. The smallest absolute Gasteiger partial charge is 0.307 e. The third-order valence-electron chi connectivity index (χ3n) is 3.49. The minimum Gasteiger partial charge on any atom is -0.481 e. The first kappa shape index (κ1) is 15.4. The van der Waals surface area contributed by atoms with E-state index in [4.69, 9.17) is 5.11 Å². The molecular weight excluding hydrogens is 300 g/mol. The molecule has 0 bridgehead atoms. The molecule has 0 radical (unpaired) electrons. The molecule has 1 atom stereocenters. The number of rotatable bonds is 4. The molecule has 1 saturated heterocycles. The number of hydrogen-bond acceptors (Lipinski definition) is 5. The molecule has 0 saturated carbocycles. The molecular formula is C12H14N2O6S. The Balaban J connectivity index is 2.47. The van der Waals surface area contributed by atoms with Crippen molar-refractivity contribution in [1.29, 1.82) is 0 Å². The summed E-state index contributed by atoms with van der Waals surface area (Å²) in [6.45, 7) is 1.36. The van der Waals surface area contributed by atoms with Crippen LogP contribution < -0.4 is 0 Å². The van der Waals surface area contributed by atoms with Crippen LogP contribution in [-0.4, -0.2) is 41.8 Å². The second kappa shape index (κ2) is 5.41. The topological polar surface area (TPSA) is 118 Å². The summed E-state index contributed by atoms with van der Waals surface area (Å²) in [6.07, 6.45) is 0.203. The van der Waals surface area contributed by atoms with Gasteiger partial charge in [-0.25, -0.2) is 8.42 Å². The van der Waals surface area contributed by atoms with Gasteiger partial charge in [-0.15, -0.1) is 0 Å². The van der Waals surface area contributed by atoms with Crippen molar-refractivity contribution in [3.8, 4) is 0 Å². The zero-order valence-electron chi connectivity index (χ0n) is 11.2. The average Bonchev–Trinajstić information content (AvgIpc) is 2.88. The first-order valence-electron chi connectivity index (χ1n) is 6.22. The van der Waals surface area contributed by atoms with Gasteiger partial charge >= 0.3 is 5.97 Å². The number of nitro benzene ring substituents is 1. The molecule has 1 aliphatic rings. The van der Waals surface area contributed by atoms with Crippen molar-refractivity contribution in [2.75, 3.05) is 13.1 Å². The number of carboxylic acid groups (broad SMARTS) is 1. The van der Waals surface area contributed by atoms with Gasteiger partial charge in [0.05, 0.1) is 10.8 Å². The molecule has 21 heavy (non-hydrogen) atoms. The van der Waals surface area contributed by atoms with Crippen molar-refractivity contribution in [2.45, 2.75) is 18.2 Å². The fourth-order valence-corrected chi connectivity index (χ4v) is 4.26. The Hall–Kier alpha value is -2.00. The lowest BCUT2D eigenvalue weighted by Gasteiger charge is -2.17. The molecule has 1 aromatic carbocycles. The van der Waals surface area contributed by atoms with Crippen molar-refractivity contribution in [3.63, 3.8) is 0 Å². The van der Waals surface area contributed by atoms with Crippen LogP contribution >= 0.6 is 0 Å². The zero-order valence-corrected chi connectivity index (χ0v) is 12.0. The second-order valence-electron chi connectivity index (χ2n) is 4.87. The number of sulfonamides is 1. The Bertz CT molecular complexity index is 700. The van der Waals surface area contributed by atoms with E-state index in [1.807, 2.05) is 0 Å². The van der Waals surface area contributed by atoms with Crippen LogP contribution in [0.4, 0.5) is 5.69 Å². The molecule has 0 spiro atoms. The molecule has 9 heteroatoms. The van der Waals surface area contributed by atoms with E-state index in [-0.39, 0.29) is 30.0 Å². The molecule has 2 rings (SSSR count). The third kappa shape index (κ3) is 2.74. The average molecular weight is 314 g/mol. The summed E-state index contributed by atoms with van der Waals surface area (Å²) < 4.78 is 26.2. The minimum atomic E-state index is -4.08. The fraction of sp³-hybridized carbons (Fsp3) is 0.417. The van der Waals surface area contributed by atoms with Crippen molar-refractivity contribution in [3.05, 3.63) is 33.9 Å². The Morgan fingerprint density at radius 1 is 1.48 bits per heavy atom. The van der Waals surface area contributed by atoms with Gasteiger partial charge in [0, 0.05) is 19.2 Å². The second-order valence-corrected chi connectivity index (χ2v) is 6.74. The van der Waals surface area contributed by atoms with Crippen LogP contribution in [0.2, 0.25) is 0 Å². The zero-order chi connectivity index (χ0) is 15.8. The number of aliphatic carboxylic acids is 1. The van der Waals surface area contributed by atoms with Gasteiger partial charge in [0.1, 0.15) is 0 Å². The Kier molecular flexibility index (Phi) is 3.97. The van der Waals surface area contributed by atoms with Gasteiger partial charge < -0.3 is 5.11 Å². The van der Waals surface area contributed by atoms with Crippen LogP contribution in [0.15, 0.2) is 23.1 Å². The molecule has 8 nitrogen and oxygen atoms in total. The van der Waals surface area contributed by atoms with Crippen LogP contribution in [0.1, 0.15) is 12.0 Å². The van der Waals surface area contributed by atoms with Crippen molar-refractivity contribution >= 4 is 21.7 Å². The van der Waals surface area contributed by atoms with Crippen LogP contribution in [0.5, 0.6) is 0 Å². The van der Waals surface area contributed by atoms with E-state index in [0.29, 0.717) is 0 Å². The Morgan fingerprint density at radius 2 is 2.14 bits per heavy atom. The van der Waals surface area contributed by atoms with Gasteiger partial charge in [0.15, 0.2) is 4.90 Å². The maximum absolute atomic E-state index is 12.6. The highest BCUT2D eigenvalue weighted by Gasteiger charge is 2.39. The number of hydrogen-bond donors (Lipinski definition) is 1. The molecule has 0 aliphatic carbocycles. The Labute approximate surface area is 121 Å². The summed E-state index contributed by atoms with van der Waals surface area (Å²) in [5, 5.41) is 20.0. The first-order valence-corrected chi connectivity index (χ1v) is 7.66. The first-order chi connectivity index (χ1) is 9.75. The monoisotopic (exact) mass is 314 g/mol. The van der Waals surface area contributed by atoms with E-state index < -0.39 is 32.5 Å². The van der Waals surface area contributed by atoms with Crippen LogP contribution in [0, 0.1) is 23.0 Å². The largest absolute Gasteiger partial charge is 0.481 e. The van der Waals surface area contributed by atoms with E-state index in [1.165, 1.54) is 19.1 Å². The summed E-state index contributed by atoms with van der Waals surface area (Å²) in [4.78, 5) is 20.9. The summed E-state index contributed by atoms with van der Waals surface area (Å²) in [6, 6.07) is 4.02. The number of nitro groups is 1. The van der Waals surface area contributed by atoms with Gasteiger partial charge in [0.25, 0.3) is 5.69 Å². The summed E-state index contributed by atoms with van der Waals surface area (Å²) in [7, 11) is -4.08. The molecule has 1 heterocycles. The van der Waals surface area contributed by atoms with Gasteiger partial charge in [-0.1, -0.05) is 12.1 Å². The van der Waals surface area contributed by atoms with Crippen molar-refractivity contribution in [2.24, 2.45) is 5.92 Å². The van der Waals surface area contributed by atoms with Crippen LogP contribution in [0.3, 0.4) is 0 Å². The SMILES string of the molecule is Cc1cccc([N+](=O)[O-])c1S(=O)(=O)N1CCC(C(=O)O)C1. The highest BCUT2D eigenvalue weighted by molar-refractivity contribution is 7.89. The van der Waals surface area contributed by atoms with E-state index >= 15 is 0 Å². The summed E-state index contributed by atoms with van der Waals surface area (Å²) >= 11 is 0.